The molecule has 2 aliphatic rings. The van der Waals surface area contributed by atoms with Gasteiger partial charge in [0.1, 0.15) is 5.70 Å². The van der Waals surface area contributed by atoms with Crippen LogP contribution in [0, 0.1) is 21.4 Å². The van der Waals surface area contributed by atoms with Crippen molar-refractivity contribution in [2.75, 3.05) is 13.1 Å². The number of carbonyl (C=O) groups is 3. The Morgan fingerprint density at radius 3 is 2.21 bits per heavy atom. The zero-order valence-electron chi connectivity index (χ0n) is 28.5. The van der Waals surface area contributed by atoms with Gasteiger partial charge in [0.2, 0.25) is 5.91 Å². The number of hydrogen-bond acceptors (Lipinski definition) is 7. The van der Waals surface area contributed by atoms with Crippen molar-refractivity contribution in [3.63, 3.8) is 0 Å². The Morgan fingerprint density at radius 2 is 1.70 bits per heavy atom. The largest absolute Gasteiger partial charge is 0.477 e. The van der Waals surface area contributed by atoms with E-state index in [1.165, 1.54) is 17.0 Å². The maximum Gasteiger partial charge on any atom is 0.353 e. The second-order valence-corrected chi connectivity index (χ2v) is 20.1. The van der Waals surface area contributed by atoms with E-state index < -0.39 is 59.4 Å². The van der Waals surface area contributed by atoms with E-state index in [-0.39, 0.29) is 44.1 Å². The summed E-state index contributed by atoms with van der Waals surface area (Å²) in [6.07, 6.45) is -0.438. The molecule has 0 spiro atoms. The van der Waals surface area contributed by atoms with Crippen LogP contribution in [0.5, 0.6) is 0 Å². The molecule has 2 amide bonds. The summed E-state index contributed by atoms with van der Waals surface area (Å²) in [4.78, 5) is 54.5. The second-order valence-electron chi connectivity index (χ2n) is 14.0. The second kappa shape index (κ2) is 13.1. The van der Waals surface area contributed by atoms with Gasteiger partial charge in [-0.2, -0.15) is 0 Å². The molecule has 1 fully saturated rings. The number of nitrogens with zero attached hydrogens (tertiary/aromatic N) is 3. The van der Waals surface area contributed by atoms with Gasteiger partial charge in [0.05, 0.1) is 49.2 Å². The van der Waals surface area contributed by atoms with Crippen molar-refractivity contribution in [1.82, 2.24) is 9.80 Å². The van der Waals surface area contributed by atoms with Crippen LogP contribution in [0.25, 0.3) is 0 Å². The van der Waals surface area contributed by atoms with E-state index in [1.807, 2.05) is 20.8 Å². The SMILES string of the molecule is CCN(CC)C(=O)c1ccccc1S(=O)C1=C(C(=O)O)N2C(=O)[C@H]([C@@H](C)O[Si](C)(C)C(C)(C)C)[C@H]2[C@@]1(C)Cc1ccc([N+](=O)[O-])cc1. The maximum absolute atomic E-state index is 14.9. The van der Waals surface area contributed by atoms with Gasteiger partial charge >= 0.3 is 5.97 Å². The van der Waals surface area contributed by atoms with Crippen molar-refractivity contribution in [3.05, 3.63) is 80.4 Å². The number of amides is 2. The summed E-state index contributed by atoms with van der Waals surface area (Å²) in [5.41, 5.74) is -0.832. The third-order valence-corrected chi connectivity index (χ3v) is 16.4. The molecule has 1 N–H and O–H groups in total. The van der Waals surface area contributed by atoms with Crippen molar-refractivity contribution < 1.29 is 33.0 Å². The molecule has 2 heterocycles. The Bertz CT molecular complexity index is 1650. The van der Waals surface area contributed by atoms with Crippen LogP contribution in [0.1, 0.15) is 64.4 Å². The van der Waals surface area contributed by atoms with Gasteiger partial charge < -0.3 is 19.3 Å². The van der Waals surface area contributed by atoms with Crippen LogP contribution in [0.15, 0.2) is 64.0 Å². The predicted octanol–water partition coefficient (Wildman–Crippen LogP) is 5.98. The molecule has 47 heavy (non-hydrogen) atoms. The van der Waals surface area contributed by atoms with Crippen LogP contribution < -0.4 is 0 Å². The minimum Gasteiger partial charge on any atom is -0.477 e. The molecule has 2 aliphatic heterocycles. The Labute approximate surface area is 279 Å². The molecule has 1 saturated heterocycles. The number of non-ortho nitro benzene ring substituents is 1. The van der Waals surface area contributed by atoms with E-state index in [9.17, 15) is 33.8 Å². The smallest absolute Gasteiger partial charge is 0.353 e. The highest BCUT2D eigenvalue weighted by Gasteiger charge is 2.67. The Hall–Kier alpha value is -3.68. The predicted molar refractivity (Wildman–Crippen MR) is 182 cm³/mol. The molecular weight excluding hydrogens is 639 g/mol. The number of β-lactam (4-membered cyclic amide) rings is 1. The highest BCUT2D eigenvalue weighted by molar-refractivity contribution is 7.89. The fourth-order valence-electron chi connectivity index (χ4n) is 6.57. The fourth-order valence-corrected chi connectivity index (χ4v) is 9.75. The van der Waals surface area contributed by atoms with E-state index >= 15 is 0 Å². The average Bonchev–Trinajstić information content (AvgIpc) is 3.21. The number of hydrogen-bond donors (Lipinski definition) is 1. The van der Waals surface area contributed by atoms with Gasteiger partial charge in [0.25, 0.3) is 11.6 Å². The van der Waals surface area contributed by atoms with Gasteiger partial charge in [-0.3, -0.25) is 19.7 Å². The van der Waals surface area contributed by atoms with Crippen molar-refractivity contribution in [2.24, 2.45) is 11.3 Å². The number of fused-ring (bicyclic) bond motifs is 1. The first-order chi connectivity index (χ1) is 21.8. The Balaban J connectivity index is 1.91. The average molecular weight is 684 g/mol. The molecule has 2 aromatic rings. The van der Waals surface area contributed by atoms with Crippen molar-refractivity contribution >= 4 is 42.6 Å². The number of rotatable bonds is 12. The summed E-state index contributed by atoms with van der Waals surface area (Å²) in [5.74, 6) is -2.89. The number of nitro groups is 1. The van der Waals surface area contributed by atoms with E-state index in [0.29, 0.717) is 18.7 Å². The van der Waals surface area contributed by atoms with Gasteiger partial charge in [-0.15, -0.1) is 0 Å². The Morgan fingerprint density at radius 1 is 1.13 bits per heavy atom. The molecule has 0 aliphatic carbocycles. The minimum atomic E-state index is -2.36. The van der Waals surface area contributed by atoms with Gasteiger partial charge in [-0.25, -0.2) is 9.00 Å². The van der Waals surface area contributed by atoms with E-state index in [2.05, 4.69) is 33.9 Å². The van der Waals surface area contributed by atoms with E-state index in [4.69, 9.17) is 4.43 Å². The van der Waals surface area contributed by atoms with Crippen LogP contribution in [0.2, 0.25) is 18.1 Å². The first-order valence-corrected chi connectivity index (χ1v) is 19.9. The Kier molecular flexibility index (Phi) is 10.1. The zero-order valence-corrected chi connectivity index (χ0v) is 30.3. The summed E-state index contributed by atoms with van der Waals surface area (Å²) in [5, 5.41) is 21.8. The molecular formula is C34H45N3O8SSi. The van der Waals surface area contributed by atoms with Crippen molar-refractivity contribution in [1.29, 1.82) is 0 Å². The molecule has 0 radical (unpaired) electrons. The summed E-state index contributed by atoms with van der Waals surface area (Å²) >= 11 is 0. The number of nitro benzene ring substituents is 1. The molecule has 0 bridgehead atoms. The summed E-state index contributed by atoms with van der Waals surface area (Å²) in [6.45, 7) is 18.6. The zero-order chi connectivity index (χ0) is 35.2. The van der Waals surface area contributed by atoms with E-state index in [1.54, 1.807) is 48.2 Å². The summed E-state index contributed by atoms with van der Waals surface area (Å²) < 4.78 is 21.5. The van der Waals surface area contributed by atoms with Crippen LogP contribution in [-0.4, -0.2) is 75.4 Å². The van der Waals surface area contributed by atoms with Crippen LogP contribution >= 0.6 is 0 Å². The topological polar surface area (TPSA) is 147 Å². The summed E-state index contributed by atoms with van der Waals surface area (Å²) in [6, 6.07) is 11.7. The van der Waals surface area contributed by atoms with Crippen LogP contribution in [-0.2, 0) is 31.2 Å². The number of aliphatic carboxylic acids is 1. The molecule has 0 saturated carbocycles. The lowest BCUT2D eigenvalue weighted by Gasteiger charge is -2.53. The molecule has 11 nitrogen and oxygen atoms in total. The first kappa shape index (κ1) is 36.2. The molecule has 5 atom stereocenters. The van der Waals surface area contributed by atoms with Crippen molar-refractivity contribution in [2.45, 2.75) is 90.1 Å². The van der Waals surface area contributed by atoms with Crippen LogP contribution in [0.3, 0.4) is 0 Å². The number of carboxylic acids is 1. The third kappa shape index (κ3) is 6.32. The minimum absolute atomic E-state index is 0.0310. The number of carboxylic acid groups (broad SMARTS) is 1. The highest BCUT2D eigenvalue weighted by Crippen LogP contribution is 2.58. The molecule has 4 rings (SSSR count). The molecule has 13 heteroatoms. The first-order valence-electron chi connectivity index (χ1n) is 15.8. The molecule has 0 aromatic heterocycles. The summed E-state index contributed by atoms with van der Waals surface area (Å²) in [7, 11) is -4.54. The molecule has 254 valence electrons. The number of carbonyl (C=O) groups excluding carboxylic acids is 2. The van der Waals surface area contributed by atoms with Crippen molar-refractivity contribution in [3.8, 4) is 0 Å². The van der Waals surface area contributed by atoms with Gasteiger partial charge in [-0.1, -0.05) is 52.0 Å². The van der Waals surface area contributed by atoms with Gasteiger partial charge in [0.15, 0.2) is 8.32 Å². The molecule has 2 aromatic carbocycles. The lowest BCUT2D eigenvalue weighted by atomic mass is 9.67. The number of benzene rings is 2. The lowest BCUT2D eigenvalue weighted by molar-refractivity contribution is -0.384. The van der Waals surface area contributed by atoms with E-state index in [0.717, 1.165) is 0 Å². The fraction of sp³-hybridized carbons (Fsp3) is 0.500. The standard InChI is InChI=1S/C34H45N3O8SSi/c1-10-35(11-2)30(38)24-14-12-13-15-25(24)46(44)29-27(32(40)41)36-28(26(31(36)39)21(3)45-47(8,9)33(4,5)6)34(29,7)20-22-16-18-23(19-17-22)37(42)43/h12-19,21,26,28H,10-11,20H2,1-9H3,(H,40,41)/t21-,26-,28+,34-,46?/m1/s1. The third-order valence-electron chi connectivity index (χ3n) is 10.0. The monoisotopic (exact) mass is 683 g/mol. The maximum atomic E-state index is 14.9. The normalized spacial score (nSPS) is 22.4. The van der Waals surface area contributed by atoms with Gasteiger partial charge in [0, 0.05) is 30.6 Å². The van der Waals surface area contributed by atoms with Gasteiger partial charge in [-0.05, 0) is 63.0 Å². The van der Waals surface area contributed by atoms with Crippen LogP contribution in [0.4, 0.5) is 5.69 Å². The highest BCUT2D eigenvalue weighted by atomic mass is 32.2. The molecule has 1 unspecified atom stereocenters. The lowest BCUT2D eigenvalue weighted by Crippen LogP contribution is -2.67. The quantitative estimate of drug-likeness (QED) is 0.124.